The predicted octanol–water partition coefficient (Wildman–Crippen LogP) is 2.24. The topological polar surface area (TPSA) is 93.1 Å². The fourth-order valence-corrected chi connectivity index (χ4v) is 3.53. The molecular formula is C19H20N4O3S. The Balaban J connectivity index is 1.46. The lowest BCUT2D eigenvalue weighted by atomic mass is 10.2. The molecule has 2 aromatic carbocycles. The molecule has 0 bridgehead atoms. The summed E-state index contributed by atoms with van der Waals surface area (Å²) in [6.07, 6.45) is 3.65. The number of aromatic nitrogens is 2. The van der Waals surface area contributed by atoms with Crippen molar-refractivity contribution in [2.75, 3.05) is 11.9 Å². The summed E-state index contributed by atoms with van der Waals surface area (Å²) in [5, 5.41) is 6.91. The molecule has 7 nitrogen and oxygen atoms in total. The molecule has 3 aromatic rings. The van der Waals surface area contributed by atoms with Crippen LogP contribution >= 0.6 is 0 Å². The average molecular weight is 384 g/mol. The van der Waals surface area contributed by atoms with E-state index in [1.165, 1.54) is 12.1 Å². The zero-order valence-corrected chi connectivity index (χ0v) is 15.4. The highest BCUT2D eigenvalue weighted by Gasteiger charge is 2.13. The number of benzene rings is 2. The highest BCUT2D eigenvalue weighted by Crippen LogP contribution is 2.11. The van der Waals surface area contributed by atoms with E-state index in [2.05, 4.69) is 15.1 Å². The summed E-state index contributed by atoms with van der Waals surface area (Å²) in [5.41, 5.74) is 1.72. The first-order valence-corrected chi connectivity index (χ1v) is 9.92. The third-order valence-corrected chi connectivity index (χ3v) is 5.32. The third kappa shape index (κ3) is 5.50. The van der Waals surface area contributed by atoms with Crippen molar-refractivity contribution in [2.45, 2.75) is 17.9 Å². The maximum absolute atomic E-state index is 12.1. The number of carbonyl (C=O) groups excluding carboxylic acids is 1. The van der Waals surface area contributed by atoms with Crippen LogP contribution in [0, 0.1) is 0 Å². The van der Waals surface area contributed by atoms with Crippen LogP contribution < -0.4 is 10.0 Å². The second-order valence-corrected chi connectivity index (χ2v) is 7.68. The molecule has 0 atom stereocenters. The Morgan fingerprint density at radius 1 is 1.00 bits per heavy atom. The SMILES string of the molecule is O=C(CCNS(=O)(=O)c1ccccc1)Nc1ccc(Cn2cccn2)cc1. The molecule has 0 fully saturated rings. The smallest absolute Gasteiger partial charge is 0.240 e. The van der Waals surface area contributed by atoms with Crippen LogP contribution in [0.1, 0.15) is 12.0 Å². The van der Waals surface area contributed by atoms with Gasteiger partial charge >= 0.3 is 0 Å². The van der Waals surface area contributed by atoms with Gasteiger partial charge in [-0.1, -0.05) is 30.3 Å². The largest absolute Gasteiger partial charge is 0.326 e. The lowest BCUT2D eigenvalue weighted by Gasteiger charge is -2.08. The standard InChI is InChI=1S/C19H20N4O3S/c24-19(11-13-21-27(25,26)18-5-2-1-3-6-18)22-17-9-7-16(8-10-17)15-23-14-4-12-20-23/h1-10,12,14,21H,11,13,15H2,(H,22,24). The van der Waals surface area contributed by atoms with E-state index in [-0.39, 0.29) is 23.8 Å². The minimum Gasteiger partial charge on any atom is -0.326 e. The van der Waals surface area contributed by atoms with E-state index < -0.39 is 10.0 Å². The predicted molar refractivity (Wildman–Crippen MR) is 103 cm³/mol. The highest BCUT2D eigenvalue weighted by atomic mass is 32.2. The van der Waals surface area contributed by atoms with Gasteiger partial charge in [0.1, 0.15) is 0 Å². The van der Waals surface area contributed by atoms with Gasteiger partial charge in [-0.2, -0.15) is 5.10 Å². The molecule has 0 aliphatic carbocycles. The van der Waals surface area contributed by atoms with Gasteiger partial charge in [-0.25, -0.2) is 13.1 Å². The first-order chi connectivity index (χ1) is 13.0. The Kier molecular flexibility index (Phi) is 6.00. The fraction of sp³-hybridized carbons (Fsp3) is 0.158. The molecule has 1 amide bonds. The van der Waals surface area contributed by atoms with E-state index in [0.29, 0.717) is 12.2 Å². The number of rotatable bonds is 8. The molecule has 0 saturated heterocycles. The Morgan fingerprint density at radius 3 is 2.41 bits per heavy atom. The highest BCUT2D eigenvalue weighted by molar-refractivity contribution is 7.89. The molecular weight excluding hydrogens is 364 g/mol. The molecule has 2 N–H and O–H groups in total. The van der Waals surface area contributed by atoms with Gasteiger partial charge in [0, 0.05) is 31.0 Å². The summed E-state index contributed by atoms with van der Waals surface area (Å²) in [6, 6.07) is 17.4. The summed E-state index contributed by atoms with van der Waals surface area (Å²) >= 11 is 0. The molecule has 0 aliphatic heterocycles. The molecule has 0 saturated carbocycles. The van der Waals surface area contributed by atoms with Gasteiger partial charge < -0.3 is 5.32 Å². The number of sulfonamides is 1. The Hall–Kier alpha value is -2.97. The van der Waals surface area contributed by atoms with Gasteiger partial charge in [0.15, 0.2) is 0 Å². The van der Waals surface area contributed by atoms with Gasteiger partial charge in [-0.15, -0.1) is 0 Å². The molecule has 27 heavy (non-hydrogen) atoms. The zero-order valence-electron chi connectivity index (χ0n) is 14.6. The summed E-state index contributed by atoms with van der Waals surface area (Å²) in [4.78, 5) is 12.2. The normalized spacial score (nSPS) is 11.3. The average Bonchev–Trinajstić information content (AvgIpc) is 3.17. The Labute approximate surface area is 158 Å². The summed E-state index contributed by atoms with van der Waals surface area (Å²) < 4.78 is 28.4. The quantitative estimate of drug-likeness (QED) is 0.623. The molecule has 140 valence electrons. The lowest BCUT2D eigenvalue weighted by molar-refractivity contribution is -0.116. The molecule has 0 spiro atoms. The van der Waals surface area contributed by atoms with Crippen LogP contribution in [-0.2, 0) is 21.4 Å². The van der Waals surface area contributed by atoms with E-state index >= 15 is 0 Å². The monoisotopic (exact) mass is 384 g/mol. The van der Waals surface area contributed by atoms with Crippen molar-refractivity contribution in [3.05, 3.63) is 78.6 Å². The summed E-state index contributed by atoms with van der Waals surface area (Å²) in [6.45, 7) is 0.683. The third-order valence-electron chi connectivity index (χ3n) is 3.84. The van der Waals surface area contributed by atoms with Crippen molar-refractivity contribution in [3.63, 3.8) is 0 Å². The minimum absolute atomic E-state index is 0.0282. The molecule has 8 heteroatoms. The maximum atomic E-state index is 12.1. The van der Waals surface area contributed by atoms with Crippen molar-refractivity contribution in [1.29, 1.82) is 0 Å². The number of hydrogen-bond donors (Lipinski definition) is 2. The van der Waals surface area contributed by atoms with Crippen molar-refractivity contribution in [2.24, 2.45) is 0 Å². The van der Waals surface area contributed by atoms with E-state index in [4.69, 9.17) is 0 Å². The molecule has 3 rings (SSSR count). The van der Waals surface area contributed by atoms with Crippen molar-refractivity contribution in [1.82, 2.24) is 14.5 Å². The number of nitrogens with one attached hydrogen (secondary N) is 2. The van der Waals surface area contributed by atoms with Crippen molar-refractivity contribution < 1.29 is 13.2 Å². The Bertz CT molecular complexity index is 970. The summed E-state index contributed by atoms with van der Waals surface area (Å²) in [7, 11) is -3.60. The molecule has 0 aliphatic rings. The second-order valence-electron chi connectivity index (χ2n) is 5.91. The van der Waals surface area contributed by atoms with Crippen LogP contribution in [0.15, 0.2) is 78.0 Å². The fourth-order valence-electron chi connectivity index (χ4n) is 2.48. The van der Waals surface area contributed by atoms with Gasteiger partial charge in [0.2, 0.25) is 15.9 Å². The van der Waals surface area contributed by atoms with Crippen molar-refractivity contribution in [3.8, 4) is 0 Å². The number of anilines is 1. The van der Waals surface area contributed by atoms with E-state index in [9.17, 15) is 13.2 Å². The van der Waals surface area contributed by atoms with Crippen LogP contribution in [0.25, 0.3) is 0 Å². The molecule has 0 radical (unpaired) electrons. The number of carbonyl (C=O) groups is 1. The minimum atomic E-state index is -3.60. The molecule has 1 aromatic heterocycles. The van der Waals surface area contributed by atoms with Gasteiger partial charge in [0.25, 0.3) is 0 Å². The molecule has 0 unspecified atom stereocenters. The van der Waals surface area contributed by atoms with Gasteiger partial charge in [-0.05, 0) is 35.9 Å². The van der Waals surface area contributed by atoms with E-state index in [1.54, 1.807) is 24.4 Å². The first kappa shape index (κ1) is 18.8. The Morgan fingerprint density at radius 2 is 1.74 bits per heavy atom. The maximum Gasteiger partial charge on any atom is 0.240 e. The van der Waals surface area contributed by atoms with Crippen LogP contribution in [0.5, 0.6) is 0 Å². The van der Waals surface area contributed by atoms with Crippen LogP contribution in [-0.4, -0.2) is 30.7 Å². The second kappa shape index (κ2) is 8.61. The lowest BCUT2D eigenvalue weighted by Crippen LogP contribution is -2.27. The summed E-state index contributed by atoms with van der Waals surface area (Å²) in [5.74, 6) is -0.259. The number of nitrogens with zero attached hydrogens (tertiary/aromatic N) is 2. The van der Waals surface area contributed by atoms with Gasteiger partial charge in [-0.3, -0.25) is 9.48 Å². The van der Waals surface area contributed by atoms with E-state index in [1.807, 2.05) is 41.2 Å². The van der Waals surface area contributed by atoms with Crippen molar-refractivity contribution >= 4 is 21.6 Å². The first-order valence-electron chi connectivity index (χ1n) is 8.44. The van der Waals surface area contributed by atoms with Crippen LogP contribution in [0.4, 0.5) is 5.69 Å². The molecule has 1 heterocycles. The van der Waals surface area contributed by atoms with Gasteiger partial charge in [0.05, 0.1) is 11.4 Å². The van der Waals surface area contributed by atoms with Crippen LogP contribution in [0.2, 0.25) is 0 Å². The number of amides is 1. The zero-order chi connectivity index (χ0) is 19.1. The van der Waals surface area contributed by atoms with Crippen LogP contribution in [0.3, 0.4) is 0 Å². The van der Waals surface area contributed by atoms with E-state index in [0.717, 1.165) is 5.56 Å². The number of hydrogen-bond acceptors (Lipinski definition) is 4.